The van der Waals surface area contributed by atoms with E-state index < -0.39 is 0 Å². The van der Waals surface area contributed by atoms with Crippen LogP contribution < -0.4 is 5.32 Å². The Kier molecular flexibility index (Phi) is 36.8. The van der Waals surface area contributed by atoms with Crippen molar-refractivity contribution in [2.45, 2.75) is 6.42 Å². The number of hydrogen-bond donors (Lipinski definition) is 4. The Bertz CT molecular complexity index is 271. The Labute approximate surface area is 132 Å². The molecule has 0 saturated heterocycles. The number of aliphatic hydroxyl groups is 3. The normalized spacial score (nSPS) is 6.89. The number of nitrogens with one attached hydrogen (secondary N) is 1. The zero-order valence-electron chi connectivity index (χ0n) is 12.1. The first-order chi connectivity index (χ1) is 8.88. The minimum absolute atomic E-state index is 0. The van der Waals surface area contributed by atoms with E-state index in [9.17, 15) is 0 Å². The number of benzene rings is 1. The van der Waals surface area contributed by atoms with Gasteiger partial charge in [-0.3, -0.25) is 0 Å². The molecule has 4 N–H and O–H groups in total. The molecule has 19 heavy (non-hydrogen) atoms. The number of para-hydroxylation sites is 1. The molecule has 110 valence electrons. The summed E-state index contributed by atoms with van der Waals surface area (Å²) >= 11 is 0. The van der Waals surface area contributed by atoms with E-state index in [1.54, 1.807) is 0 Å². The SMILES string of the molecule is C=Cc1ccccc1NCC[CH2-].CO.CO.CO.[Ti]. The van der Waals surface area contributed by atoms with Crippen molar-refractivity contribution in [3.63, 3.8) is 0 Å². The maximum atomic E-state index is 7.00. The smallest absolute Gasteiger partial charge is 0.0412 e. The molecule has 0 unspecified atom stereocenters. The maximum Gasteiger partial charge on any atom is 0.0412 e. The fraction of sp³-hybridized carbons (Fsp3) is 0.357. The van der Waals surface area contributed by atoms with Crippen LogP contribution in [0.4, 0.5) is 5.69 Å². The minimum Gasteiger partial charge on any atom is -0.400 e. The maximum absolute atomic E-state index is 7.00. The van der Waals surface area contributed by atoms with Crippen LogP contribution >= 0.6 is 0 Å². The summed E-state index contributed by atoms with van der Waals surface area (Å²) < 4.78 is 0. The molecule has 1 aromatic carbocycles. The molecule has 1 aromatic rings. The largest absolute Gasteiger partial charge is 0.400 e. The van der Waals surface area contributed by atoms with Gasteiger partial charge in [0, 0.05) is 48.7 Å². The van der Waals surface area contributed by atoms with E-state index in [0.29, 0.717) is 0 Å². The van der Waals surface area contributed by atoms with Gasteiger partial charge in [0.15, 0.2) is 0 Å². The van der Waals surface area contributed by atoms with Crippen LogP contribution in [0, 0.1) is 6.92 Å². The van der Waals surface area contributed by atoms with Gasteiger partial charge >= 0.3 is 0 Å². The number of aliphatic hydroxyl groups excluding tert-OH is 3. The van der Waals surface area contributed by atoms with Gasteiger partial charge in [-0.1, -0.05) is 30.9 Å². The van der Waals surface area contributed by atoms with Crippen molar-refractivity contribution in [2.24, 2.45) is 0 Å². The van der Waals surface area contributed by atoms with Crippen molar-refractivity contribution >= 4 is 11.8 Å². The van der Waals surface area contributed by atoms with E-state index in [4.69, 9.17) is 15.3 Å². The molecular weight excluding hydrogens is 278 g/mol. The van der Waals surface area contributed by atoms with Gasteiger partial charge in [-0.15, -0.1) is 0 Å². The van der Waals surface area contributed by atoms with E-state index in [-0.39, 0.29) is 21.7 Å². The molecule has 0 aliphatic rings. The third-order valence-electron chi connectivity index (χ3n) is 1.67. The zero-order chi connectivity index (χ0) is 14.8. The van der Waals surface area contributed by atoms with Crippen LogP contribution in [0.3, 0.4) is 0 Å². The van der Waals surface area contributed by atoms with Crippen molar-refractivity contribution in [1.29, 1.82) is 0 Å². The predicted octanol–water partition coefficient (Wildman–Crippen LogP) is 1.79. The molecule has 0 aliphatic carbocycles. The molecule has 0 saturated carbocycles. The summed E-state index contributed by atoms with van der Waals surface area (Å²) in [5.74, 6) is 0. The monoisotopic (exact) mass is 304 g/mol. The Morgan fingerprint density at radius 2 is 1.58 bits per heavy atom. The van der Waals surface area contributed by atoms with Gasteiger partial charge in [-0.25, -0.2) is 0 Å². The first-order valence-corrected chi connectivity index (χ1v) is 5.47. The second-order valence-electron chi connectivity index (χ2n) is 2.57. The first kappa shape index (κ1) is 26.8. The molecule has 0 bridgehead atoms. The van der Waals surface area contributed by atoms with Crippen molar-refractivity contribution in [3.8, 4) is 0 Å². The third kappa shape index (κ3) is 15.3. The fourth-order valence-electron chi connectivity index (χ4n) is 1.06. The fourth-order valence-corrected chi connectivity index (χ4v) is 1.06. The van der Waals surface area contributed by atoms with E-state index >= 15 is 0 Å². The average molecular weight is 304 g/mol. The van der Waals surface area contributed by atoms with Gasteiger partial charge in [0.05, 0.1) is 0 Å². The average Bonchev–Trinajstić information content (AvgIpc) is 2.51. The first-order valence-electron chi connectivity index (χ1n) is 5.47. The van der Waals surface area contributed by atoms with E-state index in [0.717, 1.165) is 45.5 Å². The summed E-state index contributed by atoms with van der Waals surface area (Å²) in [6.45, 7) is 8.42. The Balaban J connectivity index is -0.000000142. The summed E-state index contributed by atoms with van der Waals surface area (Å²) in [7, 11) is 3.00. The van der Waals surface area contributed by atoms with E-state index in [1.165, 1.54) is 0 Å². The van der Waals surface area contributed by atoms with Gasteiger partial charge < -0.3 is 27.6 Å². The quantitative estimate of drug-likeness (QED) is 0.505. The van der Waals surface area contributed by atoms with E-state index in [1.807, 2.05) is 30.3 Å². The molecule has 0 aromatic heterocycles. The van der Waals surface area contributed by atoms with Crippen LogP contribution in [-0.4, -0.2) is 43.2 Å². The predicted molar refractivity (Wildman–Crippen MR) is 79.4 cm³/mol. The van der Waals surface area contributed by atoms with Crippen LogP contribution in [0.5, 0.6) is 0 Å². The standard InChI is InChI=1S/C11H14N.3CH4O.Ti/c1-3-9-12-11-8-6-5-7-10(11)4-2;3*1-2;/h4-8,12H,1-3,9H2;3*2H,1H3;/q-1;;;;. The molecular formula is C14H26NO3Ti-. The second-order valence-corrected chi connectivity index (χ2v) is 2.57. The van der Waals surface area contributed by atoms with Crippen LogP contribution in [0.2, 0.25) is 0 Å². The van der Waals surface area contributed by atoms with Gasteiger partial charge in [0.2, 0.25) is 0 Å². The van der Waals surface area contributed by atoms with Crippen molar-refractivity contribution < 1.29 is 37.0 Å². The van der Waals surface area contributed by atoms with Gasteiger partial charge in [-0.05, 0) is 18.2 Å². The summed E-state index contributed by atoms with van der Waals surface area (Å²) in [4.78, 5) is 0. The number of anilines is 1. The van der Waals surface area contributed by atoms with Gasteiger partial charge in [0.1, 0.15) is 0 Å². The number of rotatable bonds is 4. The molecule has 0 amide bonds. The van der Waals surface area contributed by atoms with E-state index in [2.05, 4.69) is 18.8 Å². The Morgan fingerprint density at radius 3 is 2.00 bits per heavy atom. The molecule has 0 atom stereocenters. The number of hydrogen-bond acceptors (Lipinski definition) is 4. The third-order valence-corrected chi connectivity index (χ3v) is 1.67. The molecule has 0 aliphatic heterocycles. The second kappa shape index (κ2) is 26.0. The molecule has 4 nitrogen and oxygen atoms in total. The molecule has 0 fully saturated rings. The molecule has 5 heteroatoms. The van der Waals surface area contributed by atoms with Gasteiger partial charge in [-0.2, -0.15) is 6.42 Å². The molecule has 0 heterocycles. The summed E-state index contributed by atoms with van der Waals surface area (Å²) in [6.07, 6.45) is 2.75. The minimum atomic E-state index is 0. The Morgan fingerprint density at radius 1 is 1.11 bits per heavy atom. The van der Waals surface area contributed by atoms with Crippen LogP contribution in [0.25, 0.3) is 6.08 Å². The zero-order valence-corrected chi connectivity index (χ0v) is 13.6. The summed E-state index contributed by atoms with van der Waals surface area (Å²) in [5.41, 5.74) is 2.28. The van der Waals surface area contributed by atoms with Crippen molar-refractivity contribution in [2.75, 3.05) is 33.2 Å². The topological polar surface area (TPSA) is 72.7 Å². The molecule has 0 radical (unpaired) electrons. The molecule has 0 spiro atoms. The van der Waals surface area contributed by atoms with Crippen LogP contribution in [-0.2, 0) is 21.7 Å². The summed E-state index contributed by atoms with van der Waals surface area (Å²) in [5, 5.41) is 24.3. The van der Waals surface area contributed by atoms with Crippen molar-refractivity contribution in [3.05, 3.63) is 43.3 Å². The summed E-state index contributed by atoms with van der Waals surface area (Å²) in [6, 6.07) is 8.11. The van der Waals surface area contributed by atoms with Crippen molar-refractivity contribution in [1.82, 2.24) is 0 Å². The molecule has 1 rings (SSSR count). The Hall–Kier alpha value is -0.646. The van der Waals surface area contributed by atoms with Crippen LogP contribution in [0.15, 0.2) is 30.8 Å². The van der Waals surface area contributed by atoms with Gasteiger partial charge in [0.25, 0.3) is 0 Å². The van der Waals surface area contributed by atoms with Crippen LogP contribution in [0.1, 0.15) is 12.0 Å².